The Labute approximate surface area is 111 Å². The highest BCUT2D eigenvalue weighted by atomic mass is 32.1. The van der Waals surface area contributed by atoms with E-state index in [4.69, 9.17) is 9.47 Å². The quantitative estimate of drug-likeness (QED) is 0.866. The fourth-order valence-electron chi connectivity index (χ4n) is 1.82. The summed E-state index contributed by atoms with van der Waals surface area (Å²) in [4.78, 5) is 1.40. The summed E-state index contributed by atoms with van der Waals surface area (Å²) in [7, 11) is 3.32. The summed E-state index contributed by atoms with van der Waals surface area (Å²) in [5.74, 6) is 1.57. The van der Waals surface area contributed by atoms with E-state index in [1.165, 1.54) is 10.4 Å². The van der Waals surface area contributed by atoms with Crippen LogP contribution in [0, 0.1) is 0 Å². The monoisotopic (exact) mass is 264 g/mol. The molecule has 0 amide bonds. The average Bonchev–Trinajstić information content (AvgIpc) is 2.91. The van der Waals surface area contributed by atoms with Crippen LogP contribution >= 0.6 is 11.3 Å². The molecule has 0 atom stereocenters. The van der Waals surface area contributed by atoms with Gasteiger partial charge in [0.25, 0.3) is 0 Å². The van der Waals surface area contributed by atoms with Crippen LogP contribution in [0.5, 0.6) is 11.5 Å². The lowest BCUT2D eigenvalue weighted by atomic mass is 10.2. The molecule has 18 heavy (non-hydrogen) atoms. The minimum atomic E-state index is 0.777. The molecule has 0 radical (unpaired) electrons. The summed E-state index contributed by atoms with van der Waals surface area (Å²) < 4.78 is 10.5. The molecule has 0 aliphatic rings. The Kier molecular flexibility index (Phi) is 4.61. The summed E-state index contributed by atoms with van der Waals surface area (Å²) in [5.41, 5.74) is 1.24. The van der Waals surface area contributed by atoms with Gasteiger partial charge >= 0.3 is 0 Å². The molecule has 0 spiro atoms. The molecule has 0 aliphatic carbocycles. The van der Waals surface area contributed by atoms with Crippen molar-refractivity contribution >= 4 is 11.3 Å². The molecule has 96 valence electrons. The summed E-state index contributed by atoms with van der Waals surface area (Å²) in [6.45, 7) is 1.96. The molecule has 2 N–H and O–H groups in total. The van der Waals surface area contributed by atoms with Crippen molar-refractivity contribution in [3.63, 3.8) is 0 Å². The summed E-state index contributed by atoms with van der Waals surface area (Å²) in [5, 5.41) is 4.40. The van der Waals surface area contributed by atoms with Crippen LogP contribution in [-0.4, -0.2) is 14.2 Å². The fourth-order valence-corrected chi connectivity index (χ4v) is 2.52. The molecule has 1 heterocycles. The number of thiophene rings is 1. The van der Waals surface area contributed by atoms with Gasteiger partial charge in [0.15, 0.2) is 11.5 Å². The predicted molar refractivity (Wildman–Crippen MR) is 73.2 cm³/mol. The first-order valence-electron chi connectivity index (χ1n) is 5.88. The second kappa shape index (κ2) is 6.42. The highest BCUT2D eigenvalue weighted by Crippen LogP contribution is 2.27. The van der Waals surface area contributed by atoms with Gasteiger partial charge in [0, 0.05) is 5.56 Å². The predicted octanol–water partition coefficient (Wildman–Crippen LogP) is 2.03. The van der Waals surface area contributed by atoms with Crippen molar-refractivity contribution in [2.24, 2.45) is 0 Å². The second-order valence-electron chi connectivity index (χ2n) is 3.97. The summed E-state index contributed by atoms with van der Waals surface area (Å²) in [6.07, 6.45) is 0. The average molecular weight is 264 g/mol. The highest BCUT2D eigenvalue weighted by Gasteiger charge is 2.05. The van der Waals surface area contributed by atoms with E-state index in [1.807, 2.05) is 12.1 Å². The summed E-state index contributed by atoms with van der Waals surface area (Å²) >= 11 is 1.80. The van der Waals surface area contributed by atoms with Crippen LogP contribution in [0.2, 0.25) is 0 Å². The summed E-state index contributed by atoms with van der Waals surface area (Å²) in [6, 6.07) is 10.3. The second-order valence-corrected chi connectivity index (χ2v) is 5.00. The van der Waals surface area contributed by atoms with Crippen molar-refractivity contribution in [1.29, 1.82) is 0 Å². The first-order valence-corrected chi connectivity index (χ1v) is 6.76. The van der Waals surface area contributed by atoms with Crippen molar-refractivity contribution in [3.8, 4) is 11.5 Å². The van der Waals surface area contributed by atoms with Crippen LogP contribution in [0.4, 0.5) is 0 Å². The number of quaternary nitrogens is 1. The van der Waals surface area contributed by atoms with E-state index in [0.717, 1.165) is 24.6 Å². The molecule has 4 heteroatoms. The van der Waals surface area contributed by atoms with Gasteiger partial charge in [-0.1, -0.05) is 6.07 Å². The number of benzene rings is 1. The number of hydrogen-bond donors (Lipinski definition) is 1. The van der Waals surface area contributed by atoms with E-state index >= 15 is 0 Å². The normalized spacial score (nSPS) is 10.3. The molecule has 0 saturated heterocycles. The van der Waals surface area contributed by atoms with Gasteiger partial charge in [0.2, 0.25) is 0 Å². The molecule has 0 aliphatic heterocycles. The molecule has 0 saturated carbocycles. The van der Waals surface area contributed by atoms with Crippen LogP contribution in [0.25, 0.3) is 0 Å². The Morgan fingerprint density at radius 2 is 1.89 bits per heavy atom. The highest BCUT2D eigenvalue weighted by molar-refractivity contribution is 7.09. The first kappa shape index (κ1) is 12.9. The van der Waals surface area contributed by atoms with Gasteiger partial charge in [0.1, 0.15) is 13.1 Å². The molecule has 0 unspecified atom stereocenters. The zero-order valence-electron chi connectivity index (χ0n) is 10.7. The van der Waals surface area contributed by atoms with Gasteiger partial charge < -0.3 is 14.8 Å². The van der Waals surface area contributed by atoms with Gasteiger partial charge in [-0.05, 0) is 29.6 Å². The lowest BCUT2D eigenvalue weighted by Crippen LogP contribution is -2.80. The number of rotatable bonds is 6. The Bertz CT molecular complexity index is 483. The van der Waals surface area contributed by atoms with E-state index in [-0.39, 0.29) is 0 Å². The van der Waals surface area contributed by atoms with Gasteiger partial charge in [-0.15, -0.1) is 11.3 Å². The lowest BCUT2D eigenvalue weighted by molar-refractivity contribution is -0.685. The van der Waals surface area contributed by atoms with E-state index in [0.29, 0.717) is 0 Å². The molecule has 1 aromatic carbocycles. The maximum absolute atomic E-state index is 5.29. The van der Waals surface area contributed by atoms with Crippen LogP contribution in [0.15, 0.2) is 35.7 Å². The van der Waals surface area contributed by atoms with Crippen molar-refractivity contribution in [2.45, 2.75) is 13.1 Å². The van der Waals surface area contributed by atoms with Crippen molar-refractivity contribution in [3.05, 3.63) is 46.2 Å². The third-order valence-corrected chi connectivity index (χ3v) is 3.65. The zero-order chi connectivity index (χ0) is 12.8. The van der Waals surface area contributed by atoms with E-state index in [9.17, 15) is 0 Å². The SMILES string of the molecule is COc1ccc(C[NH2+]Cc2cccs2)cc1OC. The molecule has 2 rings (SSSR count). The topological polar surface area (TPSA) is 35.1 Å². The Morgan fingerprint density at radius 1 is 1.06 bits per heavy atom. The number of nitrogens with two attached hydrogens (primary N) is 1. The Hall–Kier alpha value is -1.52. The van der Waals surface area contributed by atoms with Crippen LogP contribution < -0.4 is 14.8 Å². The van der Waals surface area contributed by atoms with E-state index in [2.05, 4.69) is 28.9 Å². The van der Waals surface area contributed by atoms with E-state index in [1.54, 1.807) is 25.6 Å². The van der Waals surface area contributed by atoms with E-state index < -0.39 is 0 Å². The largest absolute Gasteiger partial charge is 0.493 e. The number of methoxy groups -OCH3 is 2. The van der Waals surface area contributed by atoms with Gasteiger partial charge in [-0.25, -0.2) is 0 Å². The van der Waals surface area contributed by atoms with Crippen LogP contribution in [0.3, 0.4) is 0 Å². The van der Waals surface area contributed by atoms with Crippen molar-refractivity contribution in [1.82, 2.24) is 0 Å². The Balaban J connectivity index is 1.93. The first-order chi connectivity index (χ1) is 8.83. The van der Waals surface area contributed by atoms with Gasteiger partial charge in [-0.2, -0.15) is 0 Å². The van der Waals surface area contributed by atoms with Crippen LogP contribution in [0.1, 0.15) is 10.4 Å². The third kappa shape index (κ3) is 3.24. The lowest BCUT2D eigenvalue weighted by Gasteiger charge is -2.08. The molecule has 0 fully saturated rings. The molecule has 2 aromatic rings. The number of ether oxygens (including phenoxy) is 2. The zero-order valence-corrected chi connectivity index (χ0v) is 11.5. The molecule has 0 bridgehead atoms. The standard InChI is InChI=1S/C14H17NO2S/c1-16-13-6-5-11(8-14(13)17-2)9-15-10-12-4-3-7-18-12/h3-8,15H,9-10H2,1-2H3/p+1. The van der Waals surface area contributed by atoms with Crippen LogP contribution in [-0.2, 0) is 13.1 Å². The number of hydrogen-bond acceptors (Lipinski definition) is 3. The van der Waals surface area contributed by atoms with Gasteiger partial charge in [0.05, 0.1) is 19.1 Å². The molecule has 3 nitrogen and oxygen atoms in total. The van der Waals surface area contributed by atoms with Gasteiger partial charge in [-0.3, -0.25) is 0 Å². The molecular formula is C14H18NO2S+. The molecule has 1 aromatic heterocycles. The maximum Gasteiger partial charge on any atom is 0.161 e. The molecular weight excluding hydrogens is 246 g/mol. The Morgan fingerprint density at radius 3 is 2.56 bits per heavy atom. The smallest absolute Gasteiger partial charge is 0.161 e. The maximum atomic E-state index is 5.29. The minimum absolute atomic E-state index is 0.777. The third-order valence-electron chi connectivity index (χ3n) is 2.75. The van der Waals surface area contributed by atoms with Crippen molar-refractivity contribution < 1.29 is 14.8 Å². The minimum Gasteiger partial charge on any atom is -0.493 e. The van der Waals surface area contributed by atoms with Crippen molar-refractivity contribution in [2.75, 3.05) is 14.2 Å². The fraction of sp³-hybridized carbons (Fsp3) is 0.286.